The Bertz CT molecular complexity index is 1080. The molecule has 5 heteroatoms. The Morgan fingerprint density at radius 2 is 1.86 bits per heavy atom. The van der Waals surface area contributed by atoms with Gasteiger partial charge >= 0.3 is 0 Å². The maximum Gasteiger partial charge on any atom is 0.255 e. The maximum absolute atomic E-state index is 12.7. The average molecular weight is 389 g/mol. The van der Waals surface area contributed by atoms with Crippen LogP contribution in [0.5, 0.6) is 5.75 Å². The van der Waals surface area contributed by atoms with Gasteiger partial charge in [0.05, 0.1) is 11.3 Å². The molecule has 0 saturated carbocycles. The van der Waals surface area contributed by atoms with Crippen LogP contribution in [-0.2, 0) is 24.9 Å². The topological polar surface area (TPSA) is 69.2 Å². The summed E-state index contributed by atoms with van der Waals surface area (Å²) in [5, 5.41) is 10.8. The van der Waals surface area contributed by atoms with Crippen LogP contribution >= 0.6 is 0 Å². The minimum absolute atomic E-state index is 0.0776. The van der Waals surface area contributed by atoms with E-state index in [9.17, 15) is 9.90 Å². The predicted molar refractivity (Wildman–Crippen MR) is 115 cm³/mol. The molecular weight excluding hydrogens is 362 g/mol. The number of phenols is 1. The van der Waals surface area contributed by atoms with Gasteiger partial charge in [0, 0.05) is 37.2 Å². The number of rotatable bonds is 3. The fourth-order valence-electron chi connectivity index (χ4n) is 3.91. The normalized spacial score (nSPS) is 14.6. The van der Waals surface area contributed by atoms with Crippen molar-refractivity contribution in [3.8, 4) is 17.1 Å². The largest absolute Gasteiger partial charge is 0.507 e. The van der Waals surface area contributed by atoms with Crippen LogP contribution in [0.25, 0.3) is 11.4 Å². The van der Waals surface area contributed by atoms with E-state index in [1.165, 1.54) is 0 Å². The number of benzene rings is 2. The first-order valence-corrected chi connectivity index (χ1v) is 10.0. The first kappa shape index (κ1) is 19.4. The van der Waals surface area contributed by atoms with Crippen molar-refractivity contribution >= 4 is 0 Å². The molecule has 2 heterocycles. The molecule has 1 aliphatic heterocycles. The summed E-state index contributed by atoms with van der Waals surface area (Å²) in [7, 11) is 0. The molecule has 29 heavy (non-hydrogen) atoms. The van der Waals surface area contributed by atoms with E-state index in [0.717, 1.165) is 40.9 Å². The zero-order chi connectivity index (χ0) is 20.6. The van der Waals surface area contributed by atoms with Crippen molar-refractivity contribution in [2.45, 2.75) is 45.7 Å². The zero-order valence-corrected chi connectivity index (χ0v) is 17.2. The fourth-order valence-corrected chi connectivity index (χ4v) is 3.91. The molecule has 0 aliphatic carbocycles. The lowest BCUT2D eigenvalue weighted by molar-refractivity contribution is 0.238. The van der Waals surface area contributed by atoms with E-state index in [0.29, 0.717) is 24.7 Å². The van der Waals surface area contributed by atoms with E-state index in [1.54, 1.807) is 0 Å². The highest BCUT2D eigenvalue weighted by atomic mass is 16.3. The average Bonchev–Trinajstić information content (AvgIpc) is 2.69. The Balaban J connectivity index is 1.58. The summed E-state index contributed by atoms with van der Waals surface area (Å²) in [6.45, 7) is 8.23. The summed E-state index contributed by atoms with van der Waals surface area (Å²) < 4.78 is 0. The molecule has 0 amide bonds. The number of hydrogen-bond donors (Lipinski definition) is 2. The highest BCUT2D eigenvalue weighted by Gasteiger charge is 2.24. The Hall–Kier alpha value is -2.92. The molecule has 0 saturated heterocycles. The van der Waals surface area contributed by atoms with Crippen LogP contribution in [0, 0.1) is 0 Å². The van der Waals surface area contributed by atoms with Gasteiger partial charge in [-0.05, 0) is 11.0 Å². The van der Waals surface area contributed by atoms with E-state index in [2.05, 4.69) is 30.7 Å². The molecular formula is C24H27N3O2. The highest BCUT2D eigenvalue weighted by molar-refractivity contribution is 5.54. The van der Waals surface area contributed by atoms with Gasteiger partial charge in [-0.3, -0.25) is 9.69 Å². The number of phenolic OH excluding ortho intramolecular Hbond substituents is 1. The van der Waals surface area contributed by atoms with Crippen molar-refractivity contribution in [3.63, 3.8) is 0 Å². The summed E-state index contributed by atoms with van der Waals surface area (Å²) in [5.74, 6) is 0.982. The number of hydrogen-bond acceptors (Lipinski definition) is 4. The molecule has 150 valence electrons. The summed E-state index contributed by atoms with van der Waals surface area (Å²) in [6.07, 6.45) is 0.721. The van der Waals surface area contributed by atoms with E-state index in [1.807, 2.05) is 48.5 Å². The molecule has 1 aliphatic rings. The second-order valence-corrected chi connectivity index (χ2v) is 8.73. The molecule has 0 spiro atoms. The molecule has 5 nitrogen and oxygen atoms in total. The van der Waals surface area contributed by atoms with E-state index >= 15 is 0 Å². The smallest absolute Gasteiger partial charge is 0.255 e. The van der Waals surface area contributed by atoms with Crippen molar-refractivity contribution in [2.24, 2.45) is 0 Å². The molecule has 0 bridgehead atoms. The monoisotopic (exact) mass is 389 g/mol. The van der Waals surface area contributed by atoms with Crippen LogP contribution in [0.1, 0.15) is 43.2 Å². The predicted octanol–water partition coefficient (Wildman–Crippen LogP) is 4.00. The zero-order valence-electron chi connectivity index (χ0n) is 17.2. The maximum atomic E-state index is 12.7. The van der Waals surface area contributed by atoms with Crippen molar-refractivity contribution < 1.29 is 5.11 Å². The first-order valence-electron chi connectivity index (χ1n) is 10.0. The van der Waals surface area contributed by atoms with Gasteiger partial charge < -0.3 is 10.1 Å². The number of nitrogens with zero attached hydrogens (tertiary/aromatic N) is 2. The van der Waals surface area contributed by atoms with Crippen LogP contribution < -0.4 is 5.56 Å². The molecule has 0 unspecified atom stereocenters. The lowest BCUT2D eigenvalue weighted by Gasteiger charge is -2.29. The van der Waals surface area contributed by atoms with Crippen LogP contribution in [-0.4, -0.2) is 26.5 Å². The number of H-pyrrole nitrogens is 1. The van der Waals surface area contributed by atoms with Gasteiger partial charge in [-0.15, -0.1) is 0 Å². The Labute approximate surface area is 171 Å². The third kappa shape index (κ3) is 3.96. The van der Waals surface area contributed by atoms with Crippen molar-refractivity contribution in [1.82, 2.24) is 14.9 Å². The third-order valence-electron chi connectivity index (χ3n) is 5.52. The second-order valence-electron chi connectivity index (χ2n) is 8.73. The first-order chi connectivity index (χ1) is 13.8. The van der Waals surface area contributed by atoms with Gasteiger partial charge in [0.15, 0.2) is 0 Å². The van der Waals surface area contributed by atoms with Gasteiger partial charge in [-0.25, -0.2) is 4.98 Å². The van der Waals surface area contributed by atoms with Gasteiger partial charge in [0.2, 0.25) is 0 Å². The number of aromatic amines is 1. The van der Waals surface area contributed by atoms with Crippen molar-refractivity contribution in [2.75, 3.05) is 6.54 Å². The lowest BCUT2D eigenvalue weighted by Crippen LogP contribution is -2.35. The van der Waals surface area contributed by atoms with E-state index in [-0.39, 0.29) is 11.0 Å². The van der Waals surface area contributed by atoms with Crippen LogP contribution in [0.15, 0.2) is 53.3 Å². The molecule has 0 atom stereocenters. The standard InChI is InChI=1S/C24H27N3O2/c1-24(2,3)19-11-7-10-17(21(19)28)14-27-13-12-20-18(15-27)23(29)26-22(25-20)16-8-5-4-6-9-16/h4-11,28H,12-15H2,1-3H3,(H,25,26,29). The van der Waals surface area contributed by atoms with E-state index < -0.39 is 0 Å². The summed E-state index contributed by atoms with van der Waals surface area (Å²) in [6, 6.07) is 15.7. The number of aromatic nitrogens is 2. The second kappa shape index (κ2) is 7.48. The van der Waals surface area contributed by atoms with Gasteiger partial charge in [-0.2, -0.15) is 0 Å². The minimum Gasteiger partial charge on any atom is -0.507 e. The molecule has 2 aromatic carbocycles. The number of nitrogens with one attached hydrogen (secondary N) is 1. The Morgan fingerprint density at radius 1 is 1.10 bits per heavy atom. The summed E-state index contributed by atoms with van der Waals surface area (Å²) in [4.78, 5) is 22.6. The Morgan fingerprint density at radius 3 is 2.59 bits per heavy atom. The van der Waals surface area contributed by atoms with Gasteiger partial charge in [-0.1, -0.05) is 69.3 Å². The lowest BCUT2D eigenvalue weighted by atomic mass is 9.85. The SMILES string of the molecule is CC(C)(C)c1cccc(CN2CCc3nc(-c4ccccc4)[nH]c(=O)c3C2)c1O. The number of fused-ring (bicyclic) bond motifs is 1. The minimum atomic E-state index is -0.122. The van der Waals surface area contributed by atoms with Crippen molar-refractivity contribution in [1.29, 1.82) is 0 Å². The summed E-state index contributed by atoms with van der Waals surface area (Å²) >= 11 is 0. The molecule has 4 rings (SSSR count). The van der Waals surface area contributed by atoms with Gasteiger partial charge in [0.25, 0.3) is 5.56 Å². The number of aromatic hydroxyl groups is 1. The summed E-state index contributed by atoms with van der Waals surface area (Å²) in [5.41, 5.74) is 4.15. The van der Waals surface area contributed by atoms with E-state index in [4.69, 9.17) is 4.98 Å². The Kier molecular flexibility index (Phi) is 5.01. The molecule has 0 radical (unpaired) electrons. The van der Waals surface area contributed by atoms with Crippen LogP contribution in [0.3, 0.4) is 0 Å². The third-order valence-corrected chi connectivity index (χ3v) is 5.52. The van der Waals surface area contributed by atoms with Gasteiger partial charge in [0.1, 0.15) is 11.6 Å². The number of para-hydroxylation sites is 1. The quantitative estimate of drug-likeness (QED) is 0.710. The molecule has 2 N–H and O–H groups in total. The molecule has 0 fully saturated rings. The van der Waals surface area contributed by atoms with Crippen LogP contribution in [0.2, 0.25) is 0 Å². The van der Waals surface area contributed by atoms with Crippen molar-refractivity contribution in [3.05, 3.63) is 81.3 Å². The highest BCUT2D eigenvalue weighted by Crippen LogP contribution is 2.34. The van der Waals surface area contributed by atoms with Crippen LogP contribution in [0.4, 0.5) is 0 Å². The molecule has 1 aromatic heterocycles. The fraction of sp³-hybridized carbons (Fsp3) is 0.333. The molecule has 3 aromatic rings.